The van der Waals surface area contributed by atoms with Gasteiger partial charge in [0.2, 0.25) is 0 Å². The van der Waals surface area contributed by atoms with Crippen LogP contribution in [-0.4, -0.2) is 30.8 Å². The number of thiazole rings is 1. The summed E-state index contributed by atoms with van der Waals surface area (Å²) in [5, 5.41) is 1.08. The molecule has 1 aliphatic rings. The fourth-order valence-corrected chi connectivity index (χ4v) is 3.10. The smallest absolute Gasteiger partial charge is 0.186 e. The summed E-state index contributed by atoms with van der Waals surface area (Å²) in [6.45, 7) is 8.70. The first-order valence-corrected chi connectivity index (χ1v) is 6.48. The Morgan fingerprint density at radius 1 is 1.62 bits per heavy atom. The average molecular weight is 241 g/mol. The van der Waals surface area contributed by atoms with Crippen molar-refractivity contribution in [3.63, 3.8) is 0 Å². The second-order valence-electron chi connectivity index (χ2n) is 4.35. The molecule has 1 saturated heterocycles. The van der Waals surface area contributed by atoms with E-state index in [0.717, 1.165) is 30.6 Å². The molecule has 0 amide bonds. The monoisotopic (exact) mass is 241 g/mol. The molecule has 1 aliphatic heterocycles. The molecule has 1 aromatic heterocycles. The van der Waals surface area contributed by atoms with Gasteiger partial charge in [-0.2, -0.15) is 0 Å². The molecule has 0 spiro atoms. The first kappa shape index (κ1) is 11.8. The molecule has 16 heavy (non-hydrogen) atoms. The molecule has 0 aromatic carbocycles. The van der Waals surface area contributed by atoms with E-state index in [1.54, 1.807) is 11.3 Å². The Morgan fingerprint density at radius 2 is 2.38 bits per heavy atom. The van der Waals surface area contributed by atoms with E-state index >= 15 is 0 Å². The lowest BCUT2D eigenvalue weighted by molar-refractivity contribution is 0.0989. The summed E-state index contributed by atoms with van der Waals surface area (Å²) in [5.74, 6) is 0. The van der Waals surface area contributed by atoms with Crippen molar-refractivity contribution in [2.24, 2.45) is 5.73 Å². The largest absolute Gasteiger partial charge is 0.377 e. The van der Waals surface area contributed by atoms with E-state index in [4.69, 9.17) is 10.5 Å². The molecule has 0 radical (unpaired) electrons. The highest BCUT2D eigenvalue weighted by Gasteiger charge is 2.23. The van der Waals surface area contributed by atoms with Crippen LogP contribution in [0.4, 0.5) is 5.13 Å². The summed E-state index contributed by atoms with van der Waals surface area (Å²) in [7, 11) is 0. The lowest BCUT2D eigenvalue weighted by atomic mass is 10.2. The number of nitrogens with zero attached hydrogens (tertiary/aromatic N) is 2. The van der Waals surface area contributed by atoms with E-state index in [-0.39, 0.29) is 6.04 Å². The summed E-state index contributed by atoms with van der Waals surface area (Å²) in [6, 6.07) is 0.475. The summed E-state index contributed by atoms with van der Waals surface area (Å²) in [6.07, 6.45) is 0. The van der Waals surface area contributed by atoms with Gasteiger partial charge >= 0.3 is 0 Å². The number of anilines is 1. The lowest BCUT2D eigenvalue weighted by Crippen LogP contribution is -2.43. The predicted octanol–water partition coefficient (Wildman–Crippen LogP) is 1.70. The molecule has 0 bridgehead atoms. The topological polar surface area (TPSA) is 51.4 Å². The van der Waals surface area contributed by atoms with Crippen LogP contribution in [0.15, 0.2) is 0 Å². The molecule has 2 heterocycles. The number of nitrogens with two attached hydrogens (primary N) is 1. The fourth-order valence-electron chi connectivity index (χ4n) is 1.95. The van der Waals surface area contributed by atoms with Crippen LogP contribution >= 0.6 is 11.3 Å². The van der Waals surface area contributed by atoms with Crippen molar-refractivity contribution >= 4 is 16.5 Å². The third kappa shape index (κ3) is 2.21. The van der Waals surface area contributed by atoms with Gasteiger partial charge in [0, 0.05) is 17.5 Å². The van der Waals surface area contributed by atoms with Gasteiger partial charge in [-0.1, -0.05) is 0 Å². The van der Waals surface area contributed by atoms with E-state index in [2.05, 4.69) is 16.8 Å². The van der Waals surface area contributed by atoms with Crippen LogP contribution in [0.3, 0.4) is 0 Å². The van der Waals surface area contributed by atoms with E-state index in [1.165, 1.54) is 4.88 Å². The maximum absolute atomic E-state index is 5.92. The summed E-state index contributed by atoms with van der Waals surface area (Å²) in [4.78, 5) is 8.12. The Morgan fingerprint density at radius 3 is 2.94 bits per heavy atom. The Hall–Kier alpha value is -0.650. The van der Waals surface area contributed by atoms with Crippen LogP contribution in [0.5, 0.6) is 0 Å². The molecular formula is C11H19N3OS. The van der Waals surface area contributed by atoms with Crippen molar-refractivity contribution in [1.82, 2.24) is 4.98 Å². The Kier molecular flexibility index (Phi) is 3.47. The van der Waals surface area contributed by atoms with Crippen molar-refractivity contribution in [1.29, 1.82) is 0 Å². The Labute approximate surface area is 100 Å². The van der Waals surface area contributed by atoms with Crippen LogP contribution in [0, 0.1) is 6.92 Å². The maximum atomic E-state index is 5.92. The maximum Gasteiger partial charge on any atom is 0.186 e. The number of aromatic nitrogens is 1. The van der Waals surface area contributed by atoms with Crippen LogP contribution in [-0.2, 0) is 4.74 Å². The van der Waals surface area contributed by atoms with Crippen LogP contribution in [0.2, 0.25) is 0 Å². The minimum atomic E-state index is 0.0718. The zero-order valence-electron chi connectivity index (χ0n) is 10.1. The average Bonchev–Trinajstić information content (AvgIpc) is 2.61. The van der Waals surface area contributed by atoms with Gasteiger partial charge in [0.25, 0.3) is 0 Å². The molecular weight excluding hydrogens is 222 g/mol. The van der Waals surface area contributed by atoms with Crippen molar-refractivity contribution in [3.8, 4) is 0 Å². The number of morpholine rings is 1. The lowest BCUT2D eigenvalue weighted by Gasteiger charge is -2.32. The van der Waals surface area contributed by atoms with Gasteiger partial charge in [-0.05, 0) is 20.8 Å². The molecule has 2 rings (SSSR count). The first-order chi connectivity index (χ1) is 7.59. The highest BCUT2D eigenvalue weighted by Crippen LogP contribution is 2.31. The number of hydrogen-bond donors (Lipinski definition) is 1. The number of hydrogen-bond acceptors (Lipinski definition) is 5. The summed E-state index contributed by atoms with van der Waals surface area (Å²) >= 11 is 1.71. The minimum absolute atomic E-state index is 0.0718. The number of ether oxygens (including phenoxy) is 1. The Balaban J connectivity index is 2.23. The summed E-state index contributed by atoms with van der Waals surface area (Å²) in [5.41, 5.74) is 6.98. The molecule has 0 aliphatic carbocycles. The van der Waals surface area contributed by atoms with E-state index in [0.29, 0.717) is 6.04 Å². The third-order valence-corrected chi connectivity index (χ3v) is 4.24. The molecule has 90 valence electrons. The number of aryl methyl sites for hydroxylation is 1. The van der Waals surface area contributed by atoms with E-state index in [1.807, 2.05) is 13.8 Å². The second kappa shape index (κ2) is 4.69. The van der Waals surface area contributed by atoms with Gasteiger partial charge in [0.1, 0.15) is 0 Å². The number of rotatable bonds is 2. The van der Waals surface area contributed by atoms with Crippen LogP contribution in [0.1, 0.15) is 30.5 Å². The van der Waals surface area contributed by atoms with Crippen LogP contribution in [0.25, 0.3) is 0 Å². The second-order valence-corrected chi connectivity index (χ2v) is 5.36. The highest BCUT2D eigenvalue weighted by atomic mass is 32.1. The molecule has 5 heteroatoms. The van der Waals surface area contributed by atoms with Crippen molar-refractivity contribution < 1.29 is 4.74 Å². The van der Waals surface area contributed by atoms with Gasteiger partial charge in [-0.3, -0.25) is 0 Å². The molecule has 1 aromatic rings. The molecule has 1 fully saturated rings. The van der Waals surface area contributed by atoms with Crippen LogP contribution < -0.4 is 10.6 Å². The molecule has 2 unspecified atom stereocenters. The fraction of sp³-hybridized carbons (Fsp3) is 0.727. The van der Waals surface area contributed by atoms with Crippen molar-refractivity contribution in [3.05, 3.63) is 10.6 Å². The van der Waals surface area contributed by atoms with Gasteiger partial charge in [-0.15, -0.1) is 11.3 Å². The van der Waals surface area contributed by atoms with E-state index in [9.17, 15) is 0 Å². The van der Waals surface area contributed by atoms with Gasteiger partial charge in [0.15, 0.2) is 5.13 Å². The normalized spacial score (nSPS) is 23.5. The molecule has 0 saturated carbocycles. The third-order valence-electron chi connectivity index (χ3n) is 2.85. The molecule has 2 atom stereocenters. The van der Waals surface area contributed by atoms with Gasteiger partial charge in [0.05, 0.1) is 24.9 Å². The Bertz CT molecular complexity index is 364. The molecule has 4 nitrogen and oxygen atoms in total. The zero-order valence-corrected chi connectivity index (χ0v) is 10.9. The minimum Gasteiger partial charge on any atom is -0.377 e. The quantitative estimate of drug-likeness (QED) is 0.856. The SMILES string of the molecule is Cc1nc(N2CCOCC2C)sc1C(C)N. The van der Waals surface area contributed by atoms with Gasteiger partial charge in [-0.25, -0.2) is 4.98 Å². The van der Waals surface area contributed by atoms with Gasteiger partial charge < -0.3 is 15.4 Å². The predicted molar refractivity (Wildman–Crippen MR) is 67.1 cm³/mol. The van der Waals surface area contributed by atoms with Crippen molar-refractivity contribution in [2.45, 2.75) is 32.9 Å². The highest BCUT2D eigenvalue weighted by molar-refractivity contribution is 7.15. The first-order valence-electron chi connectivity index (χ1n) is 5.67. The van der Waals surface area contributed by atoms with E-state index < -0.39 is 0 Å². The summed E-state index contributed by atoms with van der Waals surface area (Å²) < 4.78 is 5.43. The van der Waals surface area contributed by atoms with Crippen molar-refractivity contribution in [2.75, 3.05) is 24.7 Å². The molecule has 2 N–H and O–H groups in total. The standard InChI is InChI=1S/C11H19N3OS/c1-7-6-15-5-4-14(7)11-13-9(3)10(16-11)8(2)12/h7-8H,4-6,12H2,1-3H3. The zero-order chi connectivity index (χ0) is 11.7.